The molecule has 0 aromatic carbocycles. The molecular formula is C12H19ClN2O. The van der Waals surface area contributed by atoms with Crippen LogP contribution in [-0.2, 0) is 11.3 Å². The van der Waals surface area contributed by atoms with E-state index in [2.05, 4.69) is 17.2 Å². The molecule has 0 fully saturated rings. The van der Waals surface area contributed by atoms with Crippen molar-refractivity contribution in [3.05, 3.63) is 29.0 Å². The average molecular weight is 243 g/mol. The molecule has 0 saturated heterocycles. The topological polar surface area (TPSA) is 34.1 Å². The number of pyridine rings is 1. The second kappa shape index (κ2) is 8.50. The maximum atomic E-state index is 5.69. The molecule has 0 bridgehead atoms. The van der Waals surface area contributed by atoms with Crippen LogP contribution < -0.4 is 5.32 Å². The molecule has 4 heteroatoms. The lowest BCUT2D eigenvalue weighted by Crippen LogP contribution is -2.19. The maximum absolute atomic E-state index is 5.69. The lowest BCUT2D eigenvalue weighted by Gasteiger charge is -2.05. The molecule has 1 heterocycles. The fourth-order valence-electron chi connectivity index (χ4n) is 1.24. The summed E-state index contributed by atoms with van der Waals surface area (Å²) in [6, 6.07) is 3.77. The average Bonchev–Trinajstić information content (AvgIpc) is 2.30. The van der Waals surface area contributed by atoms with E-state index in [0.717, 1.165) is 38.3 Å². The second-order valence-corrected chi connectivity index (χ2v) is 4.02. The highest BCUT2D eigenvalue weighted by molar-refractivity contribution is 6.29. The normalized spacial score (nSPS) is 10.6. The highest BCUT2D eigenvalue weighted by Gasteiger charge is 1.93. The molecule has 0 aliphatic heterocycles. The van der Waals surface area contributed by atoms with Crippen LogP contribution in [0.2, 0.25) is 5.15 Å². The molecule has 0 atom stereocenters. The number of hydrogen-bond acceptors (Lipinski definition) is 3. The molecule has 0 unspecified atom stereocenters. The minimum absolute atomic E-state index is 0.534. The number of aromatic nitrogens is 1. The quantitative estimate of drug-likeness (QED) is 0.562. The van der Waals surface area contributed by atoms with Crippen LogP contribution in [-0.4, -0.2) is 24.7 Å². The van der Waals surface area contributed by atoms with Crippen LogP contribution in [0.3, 0.4) is 0 Å². The SMILES string of the molecule is CCCCOCCNCc1ccc(Cl)nc1. The summed E-state index contributed by atoms with van der Waals surface area (Å²) in [6.45, 7) is 5.46. The van der Waals surface area contributed by atoms with Crippen LogP contribution >= 0.6 is 11.6 Å². The zero-order valence-electron chi connectivity index (χ0n) is 9.71. The van der Waals surface area contributed by atoms with Crippen LogP contribution in [0.4, 0.5) is 0 Å². The van der Waals surface area contributed by atoms with Gasteiger partial charge in [0.1, 0.15) is 5.15 Å². The maximum Gasteiger partial charge on any atom is 0.129 e. The third-order valence-electron chi connectivity index (χ3n) is 2.18. The van der Waals surface area contributed by atoms with E-state index in [1.807, 2.05) is 6.07 Å². The summed E-state index contributed by atoms with van der Waals surface area (Å²) in [5, 5.41) is 3.82. The molecule has 0 aliphatic carbocycles. The predicted molar refractivity (Wildman–Crippen MR) is 66.7 cm³/mol. The number of nitrogens with zero attached hydrogens (tertiary/aromatic N) is 1. The van der Waals surface area contributed by atoms with Gasteiger partial charge in [-0.15, -0.1) is 0 Å². The van der Waals surface area contributed by atoms with Gasteiger partial charge in [0.05, 0.1) is 6.61 Å². The van der Waals surface area contributed by atoms with Gasteiger partial charge in [-0.2, -0.15) is 0 Å². The Kier molecular flexibility index (Phi) is 7.14. The molecule has 3 nitrogen and oxygen atoms in total. The van der Waals surface area contributed by atoms with Crippen LogP contribution in [0, 0.1) is 0 Å². The first kappa shape index (κ1) is 13.4. The van der Waals surface area contributed by atoms with Gasteiger partial charge in [0, 0.05) is 25.9 Å². The molecule has 90 valence electrons. The Balaban J connectivity index is 2.01. The van der Waals surface area contributed by atoms with Gasteiger partial charge in [-0.25, -0.2) is 4.98 Å². The molecule has 0 spiro atoms. The molecule has 0 aliphatic rings. The van der Waals surface area contributed by atoms with E-state index in [0.29, 0.717) is 5.15 Å². The summed E-state index contributed by atoms with van der Waals surface area (Å²) in [7, 11) is 0. The van der Waals surface area contributed by atoms with Crippen LogP contribution in [0.25, 0.3) is 0 Å². The molecule has 0 amide bonds. The van der Waals surface area contributed by atoms with Crippen LogP contribution in [0.5, 0.6) is 0 Å². The van der Waals surface area contributed by atoms with Gasteiger partial charge in [-0.3, -0.25) is 0 Å². The summed E-state index contributed by atoms with van der Waals surface area (Å²) >= 11 is 5.69. The van der Waals surface area contributed by atoms with Crippen molar-refractivity contribution in [2.75, 3.05) is 19.8 Å². The molecule has 1 rings (SSSR count). The molecule has 16 heavy (non-hydrogen) atoms. The van der Waals surface area contributed by atoms with Gasteiger partial charge in [-0.1, -0.05) is 31.0 Å². The van der Waals surface area contributed by atoms with E-state index in [-0.39, 0.29) is 0 Å². The Hall–Kier alpha value is -0.640. The van der Waals surface area contributed by atoms with Crippen molar-refractivity contribution in [1.29, 1.82) is 0 Å². The van der Waals surface area contributed by atoms with E-state index < -0.39 is 0 Å². The minimum atomic E-state index is 0.534. The first-order valence-corrected chi connectivity index (χ1v) is 6.09. The number of ether oxygens (including phenoxy) is 1. The van der Waals surface area contributed by atoms with Crippen molar-refractivity contribution in [3.8, 4) is 0 Å². The Bertz CT molecular complexity index is 277. The third-order valence-corrected chi connectivity index (χ3v) is 2.41. The summed E-state index contributed by atoms with van der Waals surface area (Å²) in [5.74, 6) is 0. The molecule has 1 N–H and O–H groups in total. The second-order valence-electron chi connectivity index (χ2n) is 3.63. The van der Waals surface area contributed by atoms with Crippen molar-refractivity contribution < 1.29 is 4.74 Å². The summed E-state index contributed by atoms with van der Waals surface area (Å²) < 4.78 is 5.43. The number of nitrogens with one attached hydrogen (secondary N) is 1. The number of hydrogen-bond donors (Lipinski definition) is 1. The molecular weight excluding hydrogens is 224 g/mol. The van der Waals surface area contributed by atoms with Gasteiger partial charge in [-0.05, 0) is 18.1 Å². The van der Waals surface area contributed by atoms with Crippen molar-refractivity contribution in [2.24, 2.45) is 0 Å². The van der Waals surface area contributed by atoms with Crippen LogP contribution in [0.1, 0.15) is 25.3 Å². The molecule has 1 aromatic heterocycles. The lowest BCUT2D eigenvalue weighted by atomic mass is 10.3. The van der Waals surface area contributed by atoms with E-state index in [1.165, 1.54) is 6.42 Å². The summed E-state index contributed by atoms with van der Waals surface area (Å²) in [6.07, 6.45) is 4.11. The highest BCUT2D eigenvalue weighted by atomic mass is 35.5. The van der Waals surface area contributed by atoms with Crippen molar-refractivity contribution >= 4 is 11.6 Å². The smallest absolute Gasteiger partial charge is 0.129 e. The Morgan fingerprint density at radius 3 is 2.94 bits per heavy atom. The van der Waals surface area contributed by atoms with Crippen molar-refractivity contribution in [2.45, 2.75) is 26.3 Å². The number of rotatable bonds is 8. The standard InChI is InChI=1S/C12H19ClN2O/c1-2-3-7-16-8-6-14-9-11-4-5-12(13)15-10-11/h4-5,10,14H,2-3,6-9H2,1H3. The zero-order chi connectivity index (χ0) is 11.6. The van der Waals surface area contributed by atoms with E-state index >= 15 is 0 Å². The number of halogens is 1. The van der Waals surface area contributed by atoms with E-state index in [4.69, 9.17) is 16.3 Å². The summed E-state index contributed by atoms with van der Waals surface area (Å²) in [4.78, 5) is 4.01. The summed E-state index contributed by atoms with van der Waals surface area (Å²) in [5.41, 5.74) is 1.14. The van der Waals surface area contributed by atoms with Gasteiger partial charge >= 0.3 is 0 Å². The third kappa shape index (κ3) is 6.05. The largest absolute Gasteiger partial charge is 0.380 e. The van der Waals surface area contributed by atoms with Crippen LogP contribution in [0.15, 0.2) is 18.3 Å². The Morgan fingerprint density at radius 2 is 2.25 bits per heavy atom. The van der Waals surface area contributed by atoms with Gasteiger partial charge in [0.15, 0.2) is 0 Å². The molecule has 1 aromatic rings. The fourth-order valence-corrected chi connectivity index (χ4v) is 1.35. The predicted octanol–water partition coefficient (Wildman–Crippen LogP) is 2.64. The van der Waals surface area contributed by atoms with Gasteiger partial charge < -0.3 is 10.1 Å². The monoisotopic (exact) mass is 242 g/mol. The van der Waals surface area contributed by atoms with E-state index in [9.17, 15) is 0 Å². The van der Waals surface area contributed by atoms with Gasteiger partial charge in [0.2, 0.25) is 0 Å². The van der Waals surface area contributed by atoms with Crippen molar-refractivity contribution in [3.63, 3.8) is 0 Å². The Morgan fingerprint density at radius 1 is 1.38 bits per heavy atom. The lowest BCUT2D eigenvalue weighted by molar-refractivity contribution is 0.133. The van der Waals surface area contributed by atoms with E-state index in [1.54, 1.807) is 12.3 Å². The highest BCUT2D eigenvalue weighted by Crippen LogP contribution is 2.04. The Labute approximate surface area is 102 Å². The first-order chi connectivity index (χ1) is 7.83. The fraction of sp³-hybridized carbons (Fsp3) is 0.583. The van der Waals surface area contributed by atoms with Crippen molar-refractivity contribution in [1.82, 2.24) is 10.3 Å². The zero-order valence-corrected chi connectivity index (χ0v) is 10.5. The number of unbranched alkanes of at least 4 members (excludes halogenated alkanes) is 1. The first-order valence-electron chi connectivity index (χ1n) is 5.72. The molecule has 0 radical (unpaired) electrons. The molecule has 0 saturated carbocycles. The minimum Gasteiger partial charge on any atom is -0.380 e. The van der Waals surface area contributed by atoms with Gasteiger partial charge in [0.25, 0.3) is 0 Å².